The van der Waals surface area contributed by atoms with E-state index in [0.29, 0.717) is 6.42 Å². The van der Waals surface area contributed by atoms with Gasteiger partial charge in [-0.1, -0.05) is 13.8 Å². The molecule has 1 saturated heterocycles. The second kappa shape index (κ2) is 20.6. The zero-order chi connectivity index (χ0) is 38.3. The standard InChI is InChI=1S/C29H49N9O12/c1-13(2)9-16(35-27(47)20-5-4-8-38(20)28(48)15(30)6-7-21(31)41)25(45)36-18(11-39)26(46)34-17(10-22(32)42)24(44)33-14(3)23(43)37-19(12-40)29(49)50/h13-20,39-40H,4-12,30H2,1-3H3,(H2,31,41)(H2,32,42)(H,33,44)(H,34,46)(H,35,47)(H,36,45)(H,37,43)(H,49,50)/t14-,15-,16-,17-,18-,19-,20-/m0/s1. The zero-order valence-electron chi connectivity index (χ0n) is 28.2. The molecule has 8 amide bonds. The molecule has 1 fully saturated rings. The minimum Gasteiger partial charge on any atom is -0.480 e. The Kier molecular flexibility index (Phi) is 17.8. The number of rotatable bonds is 21. The van der Waals surface area contributed by atoms with Crippen molar-refractivity contribution in [2.45, 2.75) is 102 Å². The van der Waals surface area contributed by atoms with Crippen molar-refractivity contribution in [1.82, 2.24) is 31.5 Å². The van der Waals surface area contributed by atoms with E-state index in [1.54, 1.807) is 13.8 Å². The van der Waals surface area contributed by atoms with E-state index < -0.39 is 115 Å². The maximum Gasteiger partial charge on any atom is 0.328 e. The van der Waals surface area contributed by atoms with Crippen molar-refractivity contribution < 1.29 is 58.5 Å². The number of amides is 8. The number of nitrogens with one attached hydrogen (secondary N) is 5. The predicted octanol–water partition coefficient (Wildman–Crippen LogP) is -6.00. The topological polar surface area (TPSA) is 356 Å². The Bertz CT molecular complexity index is 1280. The van der Waals surface area contributed by atoms with Crippen molar-refractivity contribution >= 4 is 53.2 Å². The maximum absolute atomic E-state index is 13.3. The molecule has 282 valence electrons. The zero-order valence-corrected chi connectivity index (χ0v) is 28.2. The van der Waals surface area contributed by atoms with E-state index in [9.17, 15) is 48.3 Å². The first-order valence-electron chi connectivity index (χ1n) is 15.9. The molecule has 0 spiro atoms. The van der Waals surface area contributed by atoms with Gasteiger partial charge in [-0.3, -0.25) is 38.4 Å². The predicted molar refractivity (Wildman–Crippen MR) is 172 cm³/mol. The minimum absolute atomic E-state index is 0.0177. The molecule has 21 nitrogen and oxygen atoms in total. The number of aliphatic hydroxyl groups is 2. The van der Waals surface area contributed by atoms with Crippen LogP contribution in [0.4, 0.5) is 0 Å². The van der Waals surface area contributed by atoms with Crippen LogP contribution in [-0.2, 0) is 43.2 Å². The van der Waals surface area contributed by atoms with Crippen molar-refractivity contribution in [3.05, 3.63) is 0 Å². The van der Waals surface area contributed by atoms with E-state index in [1.165, 1.54) is 4.90 Å². The Labute approximate surface area is 287 Å². The van der Waals surface area contributed by atoms with Gasteiger partial charge in [0.15, 0.2) is 0 Å². The molecule has 0 aromatic heterocycles. The van der Waals surface area contributed by atoms with Crippen molar-refractivity contribution in [3.8, 4) is 0 Å². The minimum atomic E-state index is -1.71. The number of carboxylic acids is 1. The van der Waals surface area contributed by atoms with E-state index in [-0.39, 0.29) is 38.1 Å². The highest BCUT2D eigenvalue weighted by atomic mass is 16.4. The fourth-order valence-electron chi connectivity index (χ4n) is 4.92. The number of primary amides is 2. The molecule has 50 heavy (non-hydrogen) atoms. The van der Waals surface area contributed by atoms with Gasteiger partial charge in [0.05, 0.1) is 25.7 Å². The van der Waals surface area contributed by atoms with Gasteiger partial charge in [-0.2, -0.15) is 0 Å². The van der Waals surface area contributed by atoms with Crippen LogP contribution >= 0.6 is 0 Å². The lowest BCUT2D eigenvalue weighted by Gasteiger charge is -2.29. The van der Waals surface area contributed by atoms with Crippen LogP contribution < -0.4 is 43.8 Å². The van der Waals surface area contributed by atoms with Gasteiger partial charge in [0.1, 0.15) is 36.3 Å². The summed E-state index contributed by atoms with van der Waals surface area (Å²) in [6, 6.07) is -9.79. The van der Waals surface area contributed by atoms with Gasteiger partial charge in [0.25, 0.3) is 0 Å². The molecule has 21 heteroatoms. The molecule has 0 unspecified atom stereocenters. The van der Waals surface area contributed by atoms with Gasteiger partial charge in [-0.15, -0.1) is 0 Å². The van der Waals surface area contributed by atoms with E-state index in [1.807, 2.05) is 5.32 Å². The largest absolute Gasteiger partial charge is 0.480 e. The molecule has 1 heterocycles. The number of carbonyl (C=O) groups is 9. The highest BCUT2D eigenvalue weighted by Gasteiger charge is 2.38. The summed E-state index contributed by atoms with van der Waals surface area (Å²) in [5.74, 6) is -8.79. The van der Waals surface area contributed by atoms with Crippen LogP contribution in [-0.4, -0.2) is 135 Å². The molecular weight excluding hydrogens is 666 g/mol. The first-order chi connectivity index (χ1) is 23.3. The summed E-state index contributed by atoms with van der Waals surface area (Å²) in [7, 11) is 0. The first kappa shape index (κ1) is 43.1. The van der Waals surface area contributed by atoms with E-state index in [2.05, 4.69) is 21.3 Å². The SMILES string of the molecule is CC(C)C[C@H](NC(=O)[C@@H]1CCCN1C(=O)[C@@H](N)CCC(N)=O)C(=O)N[C@@H](CO)C(=O)N[C@@H](CC(N)=O)C(=O)N[C@@H](C)C(=O)N[C@@H](CO)C(=O)O. The smallest absolute Gasteiger partial charge is 0.328 e. The molecule has 1 rings (SSSR count). The number of carboxylic acid groups (broad SMARTS) is 1. The van der Waals surface area contributed by atoms with Gasteiger partial charge < -0.3 is 64.0 Å². The lowest BCUT2D eigenvalue weighted by molar-refractivity contribution is -0.143. The lowest BCUT2D eigenvalue weighted by atomic mass is 10.0. The third-order valence-electron chi connectivity index (χ3n) is 7.60. The fourth-order valence-corrected chi connectivity index (χ4v) is 4.92. The number of aliphatic carboxylic acids is 1. The summed E-state index contributed by atoms with van der Waals surface area (Å²) in [6.07, 6.45) is -0.115. The van der Waals surface area contributed by atoms with Gasteiger partial charge in [0, 0.05) is 13.0 Å². The average Bonchev–Trinajstić information content (AvgIpc) is 3.53. The number of hydrogen-bond donors (Lipinski definition) is 11. The second-order valence-corrected chi connectivity index (χ2v) is 12.3. The molecule has 7 atom stereocenters. The van der Waals surface area contributed by atoms with Crippen LogP contribution in [0.5, 0.6) is 0 Å². The fraction of sp³-hybridized carbons (Fsp3) is 0.690. The monoisotopic (exact) mass is 715 g/mol. The Balaban J connectivity index is 3.02. The Morgan fingerprint density at radius 3 is 1.80 bits per heavy atom. The molecule has 0 bridgehead atoms. The van der Waals surface area contributed by atoms with Crippen LogP contribution in [0.15, 0.2) is 0 Å². The molecule has 1 aliphatic heterocycles. The van der Waals surface area contributed by atoms with Crippen LogP contribution in [0.3, 0.4) is 0 Å². The van der Waals surface area contributed by atoms with Crippen molar-refractivity contribution in [3.63, 3.8) is 0 Å². The Morgan fingerprint density at radius 1 is 0.740 bits per heavy atom. The number of nitrogens with zero attached hydrogens (tertiary/aromatic N) is 1. The number of carbonyl (C=O) groups excluding carboxylic acids is 8. The average molecular weight is 716 g/mol. The van der Waals surface area contributed by atoms with Crippen molar-refractivity contribution in [1.29, 1.82) is 0 Å². The third-order valence-corrected chi connectivity index (χ3v) is 7.60. The summed E-state index contributed by atoms with van der Waals surface area (Å²) in [4.78, 5) is 113. The third kappa shape index (κ3) is 13.9. The molecule has 0 aromatic rings. The summed E-state index contributed by atoms with van der Waals surface area (Å²) < 4.78 is 0. The normalized spacial score (nSPS) is 17.7. The van der Waals surface area contributed by atoms with Gasteiger partial charge in [-0.05, 0) is 38.5 Å². The lowest BCUT2D eigenvalue weighted by Crippen LogP contribution is -2.60. The summed E-state index contributed by atoms with van der Waals surface area (Å²) in [5.41, 5.74) is 16.3. The maximum atomic E-state index is 13.3. The highest BCUT2D eigenvalue weighted by Crippen LogP contribution is 2.20. The van der Waals surface area contributed by atoms with E-state index in [0.717, 1.165) is 6.92 Å². The molecule has 1 aliphatic rings. The molecule has 0 saturated carbocycles. The molecule has 0 radical (unpaired) electrons. The number of likely N-dealkylation sites (tertiary alicyclic amines) is 1. The number of nitrogens with two attached hydrogens (primary N) is 3. The summed E-state index contributed by atoms with van der Waals surface area (Å²) in [6.45, 7) is 2.95. The quantitative estimate of drug-likeness (QED) is 0.0528. The van der Waals surface area contributed by atoms with Gasteiger partial charge >= 0.3 is 5.97 Å². The van der Waals surface area contributed by atoms with Gasteiger partial charge in [0.2, 0.25) is 47.3 Å². The molecule has 14 N–H and O–H groups in total. The van der Waals surface area contributed by atoms with E-state index in [4.69, 9.17) is 27.4 Å². The molecular formula is C29H49N9O12. The highest BCUT2D eigenvalue weighted by molar-refractivity contribution is 5.98. The van der Waals surface area contributed by atoms with Crippen molar-refractivity contribution in [2.24, 2.45) is 23.1 Å². The Morgan fingerprint density at radius 2 is 1.28 bits per heavy atom. The summed E-state index contributed by atoms with van der Waals surface area (Å²) in [5, 5.41) is 39.2. The number of hydrogen-bond acceptors (Lipinski definition) is 12. The molecule has 0 aliphatic carbocycles. The molecule has 0 aromatic carbocycles. The van der Waals surface area contributed by atoms with Crippen molar-refractivity contribution in [2.75, 3.05) is 19.8 Å². The second-order valence-electron chi connectivity index (χ2n) is 12.3. The van der Waals surface area contributed by atoms with Crippen LogP contribution in [0.1, 0.15) is 59.3 Å². The van der Waals surface area contributed by atoms with Crippen LogP contribution in [0, 0.1) is 5.92 Å². The first-order valence-corrected chi connectivity index (χ1v) is 15.9. The number of aliphatic hydroxyl groups excluding tert-OH is 2. The van der Waals surface area contributed by atoms with Gasteiger partial charge in [-0.25, -0.2) is 4.79 Å². The van der Waals surface area contributed by atoms with Crippen LogP contribution in [0.2, 0.25) is 0 Å². The van der Waals surface area contributed by atoms with E-state index >= 15 is 0 Å². The Hall–Kier alpha value is -4.89. The van der Waals surface area contributed by atoms with Crippen LogP contribution in [0.25, 0.3) is 0 Å². The summed E-state index contributed by atoms with van der Waals surface area (Å²) >= 11 is 0.